The van der Waals surface area contributed by atoms with Crippen molar-refractivity contribution in [3.05, 3.63) is 28.7 Å². The topological polar surface area (TPSA) is 99.5 Å². The monoisotopic (exact) mass is 442 g/mol. The smallest absolute Gasteiger partial charge is 0.411 e. The third-order valence-electron chi connectivity index (χ3n) is 6.54. The van der Waals surface area contributed by atoms with Crippen LogP contribution >= 0.6 is 11.6 Å². The summed E-state index contributed by atoms with van der Waals surface area (Å²) in [5, 5.41) is 20.5. The normalized spacial score (nSPS) is 21.1. The van der Waals surface area contributed by atoms with Gasteiger partial charge in [-0.1, -0.05) is 11.6 Å². The molecule has 10 heteroatoms. The second kappa shape index (κ2) is 6.97. The number of rotatable bonds is 2. The van der Waals surface area contributed by atoms with E-state index in [4.69, 9.17) is 11.6 Å². The molecule has 1 aromatic carbocycles. The van der Waals surface area contributed by atoms with Gasteiger partial charge in [0.15, 0.2) is 0 Å². The van der Waals surface area contributed by atoms with Gasteiger partial charge in [0.25, 0.3) is 0 Å². The molecule has 0 unspecified atom stereocenters. The Morgan fingerprint density at radius 3 is 2.94 bits per heavy atom. The number of nitrogens with zero attached hydrogens (tertiary/aromatic N) is 5. The van der Waals surface area contributed by atoms with E-state index in [1.54, 1.807) is 6.20 Å². The zero-order valence-electron chi connectivity index (χ0n) is 17.0. The number of fused-ring (bicyclic) bond motifs is 4. The molecule has 0 spiro atoms. The fourth-order valence-corrected chi connectivity index (χ4v) is 5.40. The number of benzene rings is 1. The van der Waals surface area contributed by atoms with Crippen molar-refractivity contribution in [2.24, 2.45) is 5.92 Å². The van der Waals surface area contributed by atoms with Gasteiger partial charge < -0.3 is 19.9 Å². The minimum Gasteiger partial charge on any atom is -0.465 e. The molecule has 1 amide bonds. The Bertz CT molecular complexity index is 1280. The summed E-state index contributed by atoms with van der Waals surface area (Å²) in [5.74, 6) is -0.278. The summed E-state index contributed by atoms with van der Waals surface area (Å²) in [5.41, 5.74) is 1.44. The Morgan fingerprint density at radius 2 is 2.23 bits per heavy atom. The number of anilines is 2. The van der Waals surface area contributed by atoms with E-state index in [1.165, 1.54) is 7.05 Å². The lowest BCUT2D eigenvalue weighted by atomic mass is 10.0. The van der Waals surface area contributed by atoms with Crippen molar-refractivity contribution in [1.82, 2.24) is 14.9 Å². The van der Waals surface area contributed by atoms with E-state index in [9.17, 15) is 19.6 Å². The van der Waals surface area contributed by atoms with Crippen LogP contribution in [0.3, 0.4) is 0 Å². The summed E-state index contributed by atoms with van der Waals surface area (Å²) in [7, 11) is 3.41. The summed E-state index contributed by atoms with van der Waals surface area (Å²) in [6, 6.07) is 3.27. The number of pyridine rings is 1. The van der Waals surface area contributed by atoms with E-state index in [2.05, 4.69) is 26.8 Å². The van der Waals surface area contributed by atoms with Gasteiger partial charge in [-0.05, 0) is 19.4 Å². The zero-order chi connectivity index (χ0) is 22.0. The number of hydrogen-bond acceptors (Lipinski definition) is 5. The Balaban J connectivity index is 1.85. The SMILES string of the molecule is CN1C[C@@H]2CCN(c3c(Cl)cnc4[nH]c5c(N(C)C(=O)O)cc(F)c(C#N)c5c34)[C@@H]2C1. The zero-order valence-corrected chi connectivity index (χ0v) is 17.7. The number of nitrogens with one attached hydrogen (secondary N) is 1. The van der Waals surface area contributed by atoms with Crippen LogP contribution in [0.15, 0.2) is 12.3 Å². The third-order valence-corrected chi connectivity index (χ3v) is 6.81. The quantitative estimate of drug-likeness (QED) is 0.628. The molecule has 2 N–H and O–H groups in total. The number of aromatic amines is 1. The average Bonchev–Trinajstić information content (AvgIpc) is 3.39. The van der Waals surface area contributed by atoms with Crippen molar-refractivity contribution in [1.29, 1.82) is 5.26 Å². The Hall–Kier alpha value is -3.09. The molecule has 3 aromatic rings. The van der Waals surface area contributed by atoms with Crippen molar-refractivity contribution < 1.29 is 14.3 Å². The van der Waals surface area contributed by atoms with Crippen molar-refractivity contribution in [2.75, 3.05) is 43.5 Å². The standard InChI is InChI=1S/C21H20ClFN6O2/c1-27-8-10-3-4-29(15(10)9-27)19-12(22)7-25-20-17(19)16-11(6-24)13(23)5-14(18(16)26-20)28(2)21(30)31/h5,7,10,15H,3-4,8-9H2,1-2H3,(H,25,26)(H,30,31)/t10-,15+/m0/s1. The second-order valence-corrected chi connectivity index (χ2v) is 8.70. The lowest BCUT2D eigenvalue weighted by Gasteiger charge is -2.28. The van der Waals surface area contributed by atoms with Crippen LogP contribution in [0.5, 0.6) is 0 Å². The van der Waals surface area contributed by atoms with E-state index in [0.717, 1.165) is 37.0 Å². The molecule has 2 fully saturated rings. The molecule has 0 aliphatic carbocycles. The minimum atomic E-state index is -1.24. The van der Waals surface area contributed by atoms with Crippen LogP contribution < -0.4 is 9.80 Å². The number of carbonyl (C=O) groups is 1. The molecule has 0 bridgehead atoms. The number of carboxylic acid groups (broad SMARTS) is 1. The Labute approximate surface area is 182 Å². The molecule has 4 heterocycles. The summed E-state index contributed by atoms with van der Waals surface area (Å²) in [6.45, 7) is 2.69. The molecule has 2 aliphatic heterocycles. The first kappa shape index (κ1) is 19.8. The number of likely N-dealkylation sites (tertiary alicyclic amines) is 1. The van der Waals surface area contributed by atoms with Gasteiger partial charge in [0.1, 0.15) is 17.5 Å². The van der Waals surface area contributed by atoms with Gasteiger partial charge in [0.05, 0.1) is 39.1 Å². The first-order valence-corrected chi connectivity index (χ1v) is 10.3. The van der Waals surface area contributed by atoms with Crippen LogP contribution in [0, 0.1) is 23.1 Å². The summed E-state index contributed by atoms with van der Waals surface area (Å²) in [6.07, 6.45) is 1.32. The van der Waals surface area contributed by atoms with E-state index in [1.807, 2.05) is 6.07 Å². The highest BCUT2D eigenvalue weighted by molar-refractivity contribution is 6.36. The number of hydrogen-bond donors (Lipinski definition) is 2. The molecule has 31 heavy (non-hydrogen) atoms. The number of H-pyrrole nitrogens is 1. The van der Waals surface area contributed by atoms with E-state index in [-0.39, 0.29) is 17.3 Å². The first-order chi connectivity index (χ1) is 14.8. The predicted molar refractivity (Wildman–Crippen MR) is 116 cm³/mol. The van der Waals surface area contributed by atoms with Crippen LogP contribution in [-0.2, 0) is 0 Å². The highest BCUT2D eigenvalue weighted by Crippen LogP contribution is 2.46. The number of likely N-dealkylation sites (N-methyl/N-ethyl adjacent to an activating group) is 1. The minimum absolute atomic E-state index is 0.110. The maximum atomic E-state index is 15.0. The summed E-state index contributed by atoms with van der Waals surface area (Å²) in [4.78, 5) is 24.5. The molecule has 0 radical (unpaired) electrons. The third kappa shape index (κ3) is 2.82. The largest absolute Gasteiger partial charge is 0.465 e. The van der Waals surface area contributed by atoms with Crippen LogP contribution in [0.1, 0.15) is 12.0 Å². The van der Waals surface area contributed by atoms with Gasteiger partial charge in [0, 0.05) is 44.2 Å². The van der Waals surface area contributed by atoms with Crippen LogP contribution in [0.2, 0.25) is 5.02 Å². The maximum absolute atomic E-state index is 15.0. The van der Waals surface area contributed by atoms with E-state index in [0.29, 0.717) is 38.6 Å². The maximum Gasteiger partial charge on any atom is 0.411 e. The fourth-order valence-electron chi connectivity index (χ4n) is 5.15. The average molecular weight is 443 g/mol. The predicted octanol–water partition coefficient (Wildman–Crippen LogP) is 3.63. The lowest BCUT2D eigenvalue weighted by Crippen LogP contribution is -2.34. The van der Waals surface area contributed by atoms with E-state index < -0.39 is 11.9 Å². The Kier molecular flexibility index (Phi) is 4.46. The first-order valence-electron chi connectivity index (χ1n) is 9.96. The van der Waals surface area contributed by atoms with Gasteiger partial charge in [-0.3, -0.25) is 4.90 Å². The van der Waals surface area contributed by atoms with E-state index >= 15 is 0 Å². The van der Waals surface area contributed by atoms with Crippen molar-refractivity contribution in [2.45, 2.75) is 12.5 Å². The lowest BCUT2D eigenvalue weighted by molar-refractivity contribution is 0.203. The number of amides is 1. The van der Waals surface area contributed by atoms with Gasteiger partial charge in [-0.25, -0.2) is 14.2 Å². The van der Waals surface area contributed by atoms with Crippen molar-refractivity contribution in [3.63, 3.8) is 0 Å². The van der Waals surface area contributed by atoms with Crippen molar-refractivity contribution >= 4 is 51.0 Å². The molecule has 5 rings (SSSR count). The molecule has 2 aliphatic rings. The van der Waals surface area contributed by atoms with Gasteiger partial charge in [-0.15, -0.1) is 0 Å². The summed E-state index contributed by atoms with van der Waals surface area (Å²) >= 11 is 6.64. The molecule has 160 valence electrons. The molecule has 2 aromatic heterocycles. The van der Waals surface area contributed by atoms with Gasteiger partial charge in [-0.2, -0.15) is 5.26 Å². The van der Waals surface area contributed by atoms with Gasteiger partial charge in [0.2, 0.25) is 0 Å². The molecule has 0 saturated carbocycles. The Morgan fingerprint density at radius 1 is 1.45 bits per heavy atom. The molecule has 2 atom stereocenters. The second-order valence-electron chi connectivity index (χ2n) is 8.29. The number of aromatic nitrogens is 2. The fraction of sp³-hybridized carbons (Fsp3) is 0.381. The highest BCUT2D eigenvalue weighted by Gasteiger charge is 2.41. The summed E-state index contributed by atoms with van der Waals surface area (Å²) < 4.78 is 15.0. The molecular formula is C21H20ClFN6O2. The van der Waals surface area contributed by atoms with Gasteiger partial charge >= 0.3 is 6.09 Å². The molecule has 8 nitrogen and oxygen atoms in total. The van der Waals surface area contributed by atoms with Crippen LogP contribution in [-0.4, -0.2) is 65.8 Å². The number of nitriles is 1. The van der Waals surface area contributed by atoms with Crippen LogP contribution in [0.4, 0.5) is 20.6 Å². The molecular weight excluding hydrogens is 423 g/mol. The van der Waals surface area contributed by atoms with Crippen molar-refractivity contribution in [3.8, 4) is 6.07 Å². The van der Waals surface area contributed by atoms with Crippen LogP contribution in [0.25, 0.3) is 21.9 Å². The number of halogens is 2. The molecule has 2 saturated heterocycles. The highest BCUT2D eigenvalue weighted by atomic mass is 35.5.